The average Bonchev–Trinajstić information content (AvgIpc) is 3.24. The van der Waals surface area contributed by atoms with Crippen LogP contribution in [0.15, 0.2) is 78.9 Å². The molecule has 0 saturated carbocycles. The topological polar surface area (TPSA) is 81.2 Å². The number of hydrogen-bond donors (Lipinski definition) is 1. The maximum atomic E-state index is 12.9. The van der Waals surface area contributed by atoms with Crippen molar-refractivity contribution < 1.29 is 14.3 Å². The van der Waals surface area contributed by atoms with Crippen molar-refractivity contribution >= 4 is 61.1 Å². The Morgan fingerprint density at radius 1 is 0.909 bits per heavy atom. The number of rotatable bonds is 5. The molecule has 0 aliphatic carbocycles. The molecule has 0 aliphatic heterocycles. The highest BCUT2D eigenvalue weighted by molar-refractivity contribution is 7.22. The van der Waals surface area contributed by atoms with Gasteiger partial charge in [-0.05, 0) is 36.4 Å². The molecule has 0 fully saturated rings. The lowest BCUT2D eigenvalue weighted by Gasteiger charge is -2.10. The van der Waals surface area contributed by atoms with Crippen molar-refractivity contribution in [1.29, 1.82) is 0 Å². The zero-order valence-corrected chi connectivity index (χ0v) is 18.7. The van der Waals surface area contributed by atoms with Gasteiger partial charge in [0.05, 0.1) is 27.0 Å². The Hall–Kier alpha value is -3.81. The quantitative estimate of drug-likeness (QED) is 0.318. The third-order valence-electron chi connectivity index (χ3n) is 4.95. The van der Waals surface area contributed by atoms with Crippen LogP contribution in [0.4, 0.5) is 5.13 Å². The summed E-state index contributed by atoms with van der Waals surface area (Å²) in [6.07, 6.45) is 0. The van der Waals surface area contributed by atoms with E-state index in [4.69, 9.17) is 16.3 Å². The third kappa shape index (κ3) is 4.55. The van der Waals surface area contributed by atoms with E-state index in [0.717, 1.165) is 15.8 Å². The number of amides is 1. The van der Waals surface area contributed by atoms with Crippen LogP contribution in [0.3, 0.4) is 0 Å². The number of hydrogen-bond acceptors (Lipinski definition) is 6. The molecule has 2 aromatic heterocycles. The number of para-hydroxylation sites is 2. The number of benzene rings is 3. The van der Waals surface area contributed by atoms with E-state index in [9.17, 15) is 9.59 Å². The van der Waals surface area contributed by atoms with E-state index in [1.54, 1.807) is 24.3 Å². The minimum absolute atomic E-state index is 0.332. The van der Waals surface area contributed by atoms with Crippen LogP contribution in [0.2, 0.25) is 5.02 Å². The number of carbonyl (C=O) groups excluding carboxylic acids is 2. The second kappa shape index (κ2) is 8.97. The first-order valence-corrected chi connectivity index (χ1v) is 11.2. The lowest BCUT2D eigenvalue weighted by Crippen LogP contribution is -2.21. The SMILES string of the molecule is O=C(COC(=O)c1cc(-c2ccc(Cl)cc2)nc2ccccc12)Nc1nc2ccccc2s1. The van der Waals surface area contributed by atoms with Crippen molar-refractivity contribution in [3.05, 3.63) is 89.4 Å². The van der Waals surface area contributed by atoms with Crippen LogP contribution in [-0.2, 0) is 9.53 Å². The molecule has 0 radical (unpaired) electrons. The van der Waals surface area contributed by atoms with Crippen molar-refractivity contribution in [3.63, 3.8) is 0 Å². The van der Waals surface area contributed by atoms with Crippen LogP contribution in [0.5, 0.6) is 0 Å². The van der Waals surface area contributed by atoms with Crippen molar-refractivity contribution in [2.75, 3.05) is 11.9 Å². The van der Waals surface area contributed by atoms with Crippen LogP contribution in [0.1, 0.15) is 10.4 Å². The number of anilines is 1. The molecule has 2 heterocycles. The van der Waals surface area contributed by atoms with Crippen molar-refractivity contribution in [1.82, 2.24) is 9.97 Å². The van der Waals surface area contributed by atoms with E-state index in [0.29, 0.717) is 32.3 Å². The summed E-state index contributed by atoms with van der Waals surface area (Å²) in [6, 6.07) is 23.7. The van der Waals surface area contributed by atoms with E-state index in [1.807, 2.05) is 54.6 Å². The Labute approximate surface area is 197 Å². The molecule has 0 aliphatic rings. The largest absolute Gasteiger partial charge is 0.452 e. The molecule has 8 heteroatoms. The molecular weight excluding hydrogens is 458 g/mol. The van der Waals surface area contributed by atoms with Gasteiger partial charge in [-0.15, -0.1) is 0 Å². The summed E-state index contributed by atoms with van der Waals surface area (Å²) >= 11 is 7.35. The summed E-state index contributed by atoms with van der Waals surface area (Å²) in [7, 11) is 0. The number of ether oxygens (including phenoxy) is 1. The van der Waals surface area contributed by atoms with Gasteiger partial charge in [-0.1, -0.05) is 65.4 Å². The zero-order valence-electron chi connectivity index (χ0n) is 17.1. The summed E-state index contributed by atoms with van der Waals surface area (Å²) < 4.78 is 6.29. The Morgan fingerprint density at radius 3 is 2.42 bits per heavy atom. The van der Waals surface area contributed by atoms with Gasteiger partial charge in [-0.2, -0.15) is 0 Å². The number of halogens is 1. The number of nitrogens with zero attached hydrogens (tertiary/aromatic N) is 2. The Kier molecular flexibility index (Phi) is 5.73. The fraction of sp³-hybridized carbons (Fsp3) is 0.0400. The molecule has 6 nitrogen and oxygen atoms in total. The second-order valence-electron chi connectivity index (χ2n) is 7.19. The molecule has 0 saturated heterocycles. The number of nitrogens with one attached hydrogen (secondary N) is 1. The van der Waals surface area contributed by atoms with Crippen LogP contribution in [0, 0.1) is 0 Å². The maximum Gasteiger partial charge on any atom is 0.339 e. The molecule has 0 spiro atoms. The molecule has 5 rings (SSSR count). The molecule has 0 bridgehead atoms. The summed E-state index contributed by atoms with van der Waals surface area (Å²) in [6.45, 7) is -0.429. The lowest BCUT2D eigenvalue weighted by molar-refractivity contribution is -0.119. The highest BCUT2D eigenvalue weighted by Crippen LogP contribution is 2.27. The zero-order chi connectivity index (χ0) is 22.8. The standard InChI is InChI=1S/C25H16ClN3O3S/c26-16-11-9-15(10-12-16)21-13-18(17-5-1-2-6-19(17)27-21)24(31)32-14-23(30)29-25-28-20-7-3-4-8-22(20)33-25/h1-13H,14H2,(H,28,29,30). The van der Waals surface area contributed by atoms with Gasteiger partial charge in [0.1, 0.15) is 0 Å². The Balaban J connectivity index is 1.36. The number of fused-ring (bicyclic) bond motifs is 2. The van der Waals surface area contributed by atoms with Gasteiger partial charge in [0.2, 0.25) is 0 Å². The summed E-state index contributed by atoms with van der Waals surface area (Å²) in [5.41, 5.74) is 3.20. The van der Waals surface area contributed by atoms with Crippen molar-refractivity contribution in [2.45, 2.75) is 0 Å². The molecule has 0 unspecified atom stereocenters. The molecule has 1 N–H and O–H groups in total. The first-order chi connectivity index (χ1) is 16.1. The van der Waals surface area contributed by atoms with E-state index < -0.39 is 18.5 Å². The van der Waals surface area contributed by atoms with Crippen LogP contribution < -0.4 is 5.32 Å². The molecule has 5 aromatic rings. The molecule has 162 valence electrons. The molecule has 1 amide bonds. The fourth-order valence-electron chi connectivity index (χ4n) is 3.40. The van der Waals surface area contributed by atoms with Crippen LogP contribution in [0.25, 0.3) is 32.4 Å². The summed E-state index contributed by atoms with van der Waals surface area (Å²) in [5.74, 6) is -1.07. The number of pyridine rings is 1. The van der Waals surface area contributed by atoms with Gasteiger partial charge in [0, 0.05) is 16.0 Å². The Morgan fingerprint density at radius 2 is 1.64 bits per heavy atom. The van der Waals surface area contributed by atoms with Gasteiger partial charge < -0.3 is 4.74 Å². The highest BCUT2D eigenvalue weighted by atomic mass is 35.5. The van der Waals surface area contributed by atoms with E-state index in [1.165, 1.54) is 11.3 Å². The first kappa shape index (κ1) is 21.1. The van der Waals surface area contributed by atoms with Gasteiger partial charge in [-0.3, -0.25) is 10.1 Å². The van der Waals surface area contributed by atoms with Crippen LogP contribution >= 0.6 is 22.9 Å². The first-order valence-electron chi connectivity index (χ1n) is 10.0. The molecule has 3 aromatic carbocycles. The van der Waals surface area contributed by atoms with Gasteiger partial charge >= 0.3 is 5.97 Å². The predicted molar refractivity (Wildman–Crippen MR) is 131 cm³/mol. The smallest absolute Gasteiger partial charge is 0.339 e. The molecular formula is C25H16ClN3O3S. The number of esters is 1. The predicted octanol–water partition coefficient (Wildman–Crippen LogP) is 5.96. The van der Waals surface area contributed by atoms with E-state index in [2.05, 4.69) is 15.3 Å². The minimum atomic E-state index is -0.608. The monoisotopic (exact) mass is 473 g/mol. The van der Waals surface area contributed by atoms with Crippen LogP contribution in [-0.4, -0.2) is 28.5 Å². The normalized spacial score (nSPS) is 10.9. The number of carbonyl (C=O) groups is 2. The fourth-order valence-corrected chi connectivity index (χ4v) is 4.41. The number of aromatic nitrogens is 2. The summed E-state index contributed by atoms with van der Waals surface area (Å²) in [4.78, 5) is 34.3. The third-order valence-corrected chi connectivity index (χ3v) is 6.15. The Bertz CT molecular complexity index is 1470. The molecule has 0 atom stereocenters. The van der Waals surface area contributed by atoms with E-state index in [-0.39, 0.29) is 0 Å². The summed E-state index contributed by atoms with van der Waals surface area (Å²) in [5, 5.41) is 4.39. The minimum Gasteiger partial charge on any atom is -0.452 e. The van der Waals surface area contributed by atoms with Gasteiger partial charge in [0.25, 0.3) is 5.91 Å². The molecule has 33 heavy (non-hydrogen) atoms. The highest BCUT2D eigenvalue weighted by Gasteiger charge is 2.17. The number of thiazole rings is 1. The van der Waals surface area contributed by atoms with Gasteiger partial charge in [0.15, 0.2) is 11.7 Å². The second-order valence-corrected chi connectivity index (χ2v) is 8.66. The lowest BCUT2D eigenvalue weighted by atomic mass is 10.0. The van der Waals surface area contributed by atoms with Crippen molar-refractivity contribution in [3.8, 4) is 11.3 Å². The average molecular weight is 474 g/mol. The van der Waals surface area contributed by atoms with Gasteiger partial charge in [-0.25, -0.2) is 14.8 Å². The maximum absolute atomic E-state index is 12.9. The van der Waals surface area contributed by atoms with Crippen molar-refractivity contribution in [2.24, 2.45) is 0 Å². The van der Waals surface area contributed by atoms with E-state index >= 15 is 0 Å².